The molecule has 0 aliphatic rings. The van der Waals surface area contributed by atoms with Crippen molar-refractivity contribution >= 4 is 30.1 Å². The van der Waals surface area contributed by atoms with E-state index in [9.17, 15) is 19.2 Å². The number of hydrazine groups is 2. The summed E-state index contributed by atoms with van der Waals surface area (Å²) in [5.74, 6) is -0.356. The molecule has 170 valence electrons. The van der Waals surface area contributed by atoms with Crippen LogP contribution in [-0.2, 0) is 18.9 Å². The lowest BCUT2D eigenvalue weighted by Crippen LogP contribution is -2.56. The Bertz CT molecular complexity index is 787. The molecule has 4 amide bonds. The SMILES string of the molecule is COC(=O)NN(C(=O)OC)C(=C(c1ccccc1)N(C)C)N(NC(=O)OC)C(=O)OC. The highest BCUT2D eigenvalue weighted by Gasteiger charge is 2.36. The van der Waals surface area contributed by atoms with Crippen LogP contribution < -0.4 is 10.9 Å². The fourth-order valence-electron chi connectivity index (χ4n) is 2.32. The number of benzene rings is 1. The van der Waals surface area contributed by atoms with E-state index in [1.165, 1.54) is 4.90 Å². The van der Waals surface area contributed by atoms with E-state index in [2.05, 4.69) is 20.3 Å². The third-order valence-electron chi connectivity index (χ3n) is 3.62. The fourth-order valence-corrected chi connectivity index (χ4v) is 2.32. The summed E-state index contributed by atoms with van der Waals surface area (Å²) in [5, 5.41) is 1.14. The van der Waals surface area contributed by atoms with Crippen LogP contribution in [0.25, 0.3) is 5.70 Å². The predicted octanol–water partition coefficient (Wildman–Crippen LogP) is 1.55. The summed E-state index contributed by atoms with van der Waals surface area (Å²) in [6.45, 7) is 0. The normalized spacial score (nSPS) is 9.48. The summed E-state index contributed by atoms with van der Waals surface area (Å²) >= 11 is 0. The molecular weight excluding hydrogens is 414 g/mol. The van der Waals surface area contributed by atoms with Gasteiger partial charge in [-0.2, -0.15) is 10.0 Å². The molecule has 0 radical (unpaired) electrons. The summed E-state index contributed by atoms with van der Waals surface area (Å²) in [4.78, 5) is 50.6. The van der Waals surface area contributed by atoms with Crippen molar-refractivity contribution in [1.82, 2.24) is 25.8 Å². The zero-order valence-corrected chi connectivity index (χ0v) is 18.0. The largest absolute Gasteiger partial charge is 0.452 e. The Balaban J connectivity index is 3.95. The van der Waals surface area contributed by atoms with Crippen molar-refractivity contribution in [3.05, 3.63) is 41.7 Å². The van der Waals surface area contributed by atoms with E-state index >= 15 is 0 Å². The molecule has 0 aliphatic carbocycles. The topological polar surface area (TPSA) is 139 Å². The molecule has 0 unspecified atom stereocenters. The molecule has 13 nitrogen and oxygen atoms in total. The van der Waals surface area contributed by atoms with Crippen molar-refractivity contribution in [2.75, 3.05) is 42.5 Å². The molecule has 31 heavy (non-hydrogen) atoms. The molecule has 0 aromatic heterocycles. The molecule has 13 heteroatoms. The standard InChI is InChI=1S/C18H25N5O8/c1-21(2)13(12-10-8-7-9-11-12)14(22(17(26)30-5)19-15(24)28-3)23(18(27)31-6)20-16(25)29-4/h7-11H,1-6H3,(H,19,24)(H,20,25). The number of amides is 4. The maximum atomic E-state index is 12.6. The lowest BCUT2D eigenvalue weighted by Gasteiger charge is -2.34. The highest BCUT2D eigenvalue weighted by atomic mass is 16.6. The number of hydrogen-bond donors (Lipinski definition) is 2. The van der Waals surface area contributed by atoms with Crippen molar-refractivity contribution in [2.24, 2.45) is 0 Å². The molecule has 0 spiro atoms. The van der Waals surface area contributed by atoms with Gasteiger partial charge in [-0.1, -0.05) is 30.3 Å². The summed E-state index contributed by atoms with van der Waals surface area (Å²) in [5.41, 5.74) is 4.99. The van der Waals surface area contributed by atoms with Gasteiger partial charge in [-0.25, -0.2) is 30.0 Å². The monoisotopic (exact) mass is 439 g/mol. The number of carbonyl (C=O) groups excluding carboxylic acids is 4. The number of rotatable bonds is 4. The first kappa shape index (κ1) is 24.9. The molecule has 0 saturated heterocycles. The molecule has 0 bridgehead atoms. The molecule has 1 aromatic rings. The Morgan fingerprint density at radius 1 is 0.710 bits per heavy atom. The van der Waals surface area contributed by atoms with Gasteiger partial charge in [-0.05, 0) is 0 Å². The first-order valence-electron chi connectivity index (χ1n) is 8.64. The maximum Gasteiger partial charge on any atom is 0.434 e. The number of hydrogen-bond acceptors (Lipinski definition) is 9. The van der Waals surface area contributed by atoms with Gasteiger partial charge in [0, 0.05) is 19.7 Å². The molecule has 0 saturated carbocycles. The average Bonchev–Trinajstić information content (AvgIpc) is 2.78. The van der Waals surface area contributed by atoms with E-state index < -0.39 is 24.4 Å². The Kier molecular flexibility index (Phi) is 9.43. The van der Waals surface area contributed by atoms with Gasteiger partial charge >= 0.3 is 24.4 Å². The van der Waals surface area contributed by atoms with E-state index in [1.807, 2.05) is 0 Å². The Morgan fingerprint density at radius 3 is 1.45 bits per heavy atom. The summed E-state index contributed by atoms with van der Waals surface area (Å²) in [7, 11) is 7.49. The Morgan fingerprint density at radius 2 is 1.13 bits per heavy atom. The van der Waals surface area contributed by atoms with E-state index in [0.717, 1.165) is 28.4 Å². The minimum atomic E-state index is -1.11. The van der Waals surface area contributed by atoms with Crippen LogP contribution in [0.3, 0.4) is 0 Å². The second-order valence-corrected chi connectivity index (χ2v) is 5.75. The molecular formula is C18H25N5O8. The minimum Gasteiger partial charge on any atom is -0.452 e. The maximum absolute atomic E-state index is 12.6. The second-order valence-electron chi connectivity index (χ2n) is 5.75. The number of nitrogens with one attached hydrogen (secondary N) is 2. The lowest BCUT2D eigenvalue weighted by atomic mass is 10.1. The van der Waals surface area contributed by atoms with Gasteiger partial charge in [-0.15, -0.1) is 0 Å². The summed E-state index contributed by atoms with van der Waals surface area (Å²) < 4.78 is 18.6. The fraction of sp³-hybridized carbons (Fsp3) is 0.333. The van der Waals surface area contributed by atoms with Crippen molar-refractivity contribution in [3.63, 3.8) is 0 Å². The van der Waals surface area contributed by atoms with Crippen LogP contribution in [0.2, 0.25) is 0 Å². The first-order valence-corrected chi connectivity index (χ1v) is 8.64. The molecule has 0 aliphatic heterocycles. The van der Waals surface area contributed by atoms with Gasteiger partial charge in [0.05, 0.1) is 34.1 Å². The number of ether oxygens (including phenoxy) is 4. The Hall–Kier alpha value is -4.16. The van der Waals surface area contributed by atoms with Crippen molar-refractivity contribution in [2.45, 2.75) is 0 Å². The van der Waals surface area contributed by atoms with Crippen LogP contribution in [0.4, 0.5) is 19.2 Å². The van der Waals surface area contributed by atoms with E-state index in [0.29, 0.717) is 15.6 Å². The quantitative estimate of drug-likeness (QED) is 0.528. The van der Waals surface area contributed by atoms with Crippen LogP contribution >= 0.6 is 0 Å². The Labute approximate surface area is 179 Å². The van der Waals surface area contributed by atoms with Crippen molar-refractivity contribution < 1.29 is 38.1 Å². The molecule has 0 atom stereocenters. The lowest BCUT2D eigenvalue weighted by molar-refractivity contribution is 0.0632. The van der Waals surface area contributed by atoms with Crippen LogP contribution in [0.5, 0.6) is 0 Å². The van der Waals surface area contributed by atoms with Crippen molar-refractivity contribution in [3.8, 4) is 0 Å². The van der Waals surface area contributed by atoms with Crippen LogP contribution in [-0.4, -0.2) is 81.8 Å². The van der Waals surface area contributed by atoms with Crippen LogP contribution in [0.1, 0.15) is 5.56 Å². The van der Waals surface area contributed by atoms with E-state index in [4.69, 9.17) is 9.47 Å². The van der Waals surface area contributed by atoms with Gasteiger partial charge in [-0.3, -0.25) is 0 Å². The van der Waals surface area contributed by atoms with Crippen molar-refractivity contribution in [1.29, 1.82) is 0 Å². The number of nitrogens with zero attached hydrogens (tertiary/aromatic N) is 3. The van der Waals surface area contributed by atoms with E-state index in [-0.39, 0.29) is 11.5 Å². The number of methoxy groups -OCH3 is 4. The molecule has 1 aromatic carbocycles. The van der Waals surface area contributed by atoms with Gasteiger partial charge in [0.25, 0.3) is 0 Å². The average molecular weight is 439 g/mol. The highest BCUT2D eigenvalue weighted by molar-refractivity contribution is 5.83. The van der Waals surface area contributed by atoms with Crippen LogP contribution in [0, 0.1) is 0 Å². The molecule has 0 heterocycles. The smallest absolute Gasteiger partial charge is 0.434 e. The molecule has 2 N–H and O–H groups in total. The van der Waals surface area contributed by atoms with Crippen LogP contribution in [0.15, 0.2) is 36.2 Å². The highest BCUT2D eigenvalue weighted by Crippen LogP contribution is 2.26. The number of carbonyl (C=O) groups is 4. The van der Waals surface area contributed by atoms with Gasteiger partial charge in [0.2, 0.25) is 0 Å². The van der Waals surface area contributed by atoms with E-state index in [1.54, 1.807) is 44.4 Å². The summed E-state index contributed by atoms with van der Waals surface area (Å²) in [6.07, 6.45) is -4.35. The van der Waals surface area contributed by atoms with Gasteiger partial charge in [0.15, 0.2) is 5.82 Å². The first-order chi connectivity index (χ1) is 14.7. The molecule has 0 fully saturated rings. The van der Waals surface area contributed by atoms with Gasteiger partial charge < -0.3 is 23.8 Å². The second kappa shape index (κ2) is 11.7. The minimum absolute atomic E-state index is 0.198. The zero-order chi connectivity index (χ0) is 23.6. The third-order valence-corrected chi connectivity index (χ3v) is 3.62. The van der Waals surface area contributed by atoms with Gasteiger partial charge in [0.1, 0.15) is 0 Å². The molecule has 1 rings (SSSR count). The predicted molar refractivity (Wildman–Crippen MR) is 107 cm³/mol. The zero-order valence-electron chi connectivity index (χ0n) is 18.0. The summed E-state index contributed by atoms with van der Waals surface area (Å²) in [6, 6.07) is 8.53. The third kappa shape index (κ3) is 6.42.